The van der Waals surface area contributed by atoms with Crippen LogP contribution < -0.4 is 11.1 Å². The van der Waals surface area contributed by atoms with Gasteiger partial charge in [0, 0.05) is 11.6 Å². The summed E-state index contributed by atoms with van der Waals surface area (Å²) in [7, 11) is 0. The lowest BCUT2D eigenvalue weighted by atomic mass is 9.96. The summed E-state index contributed by atoms with van der Waals surface area (Å²) >= 11 is 0. The molecule has 0 aromatic heterocycles. The first-order valence-corrected chi connectivity index (χ1v) is 8.05. The molecule has 0 unspecified atom stereocenters. The van der Waals surface area contributed by atoms with Crippen LogP contribution in [0.3, 0.4) is 0 Å². The molecule has 1 aliphatic carbocycles. The molecule has 5 heteroatoms. The van der Waals surface area contributed by atoms with Crippen LogP contribution in [0.4, 0.5) is 5.69 Å². The Balaban J connectivity index is 1.50. The zero-order chi connectivity index (χ0) is 15.5. The van der Waals surface area contributed by atoms with E-state index in [9.17, 15) is 9.59 Å². The maximum Gasteiger partial charge on any atom is 0.238 e. The smallest absolute Gasteiger partial charge is 0.238 e. The number of anilines is 1. The van der Waals surface area contributed by atoms with E-state index in [1.54, 1.807) is 0 Å². The van der Waals surface area contributed by atoms with Crippen molar-refractivity contribution in [3.05, 3.63) is 29.3 Å². The van der Waals surface area contributed by atoms with Gasteiger partial charge in [0.05, 0.1) is 6.54 Å². The molecule has 0 radical (unpaired) electrons. The zero-order valence-corrected chi connectivity index (χ0v) is 12.8. The predicted octanol–water partition coefficient (Wildman–Crippen LogP) is 1.31. The molecule has 0 spiro atoms. The van der Waals surface area contributed by atoms with Crippen molar-refractivity contribution in [3.8, 4) is 0 Å². The Morgan fingerprint density at radius 1 is 1.18 bits per heavy atom. The topological polar surface area (TPSA) is 75.4 Å². The number of nitrogens with zero attached hydrogens (tertiary/aromatic N) is 1. The first-order valence-electron chi connectivity index (χ1n) is 8.05. The van der Waals surface area contributed by atoms with Gasteiger partial charge in [-0.2, -0.15) is 0 Å². The van der Waals surface area contributed by atoms with E-state index in [4.69, 9.17) is 5.73 Å². The number of nitrogens with one attached hydrogen (secondary N) is 1. The Morgan fingerprint density at radius 3 is 2.64 bits per heavy atom. The largest absolute Gasteiger partial charge is 0.369 e. The van der Waals surface area contributed by atoms with Crippen molar-refractivity contribution >= 4 is 17.5 Å². The van der Waals surface area contributed by atoms with Crippen LogP contribution in [0.2, 0.25) is 0 Å². The minimum Gasteiger partial charge on any atom is -0.369 e. The van der Waals surface area contributed by atoms with Crippen LogP contribution >= 0.6 is 0 Å². The van der Waals surface area contributed by atoms with Crippen molar-refractivity contribution in [3.63, 3.8) is 0 Å². The number of hydrogen-bond donors (Lipinski definition) is 2. The lowest BCUT2D eigenvalue weighted by Crippen LogP contribution is -2.42. The molecule has 3 rings (SSSR count). The highest BCUT2D eigenvalue weighted by Gasteiger charge is 2.24. The molecule has 1 fully saturated rings. The fourth-order valence-corrected chi connectivity index (χ4v) is 3.43. The molecule has 118 valence electrons. The summed E-state index contributed by atoms with van der Waals surface area (Å²) in [6.07, 6.45) is 4.97. The van der Waals surface area contributed by atoms with Gasteiger partial charge in [-0.1, -0.05) is 6.07 Å². The number of amides is 2. The third kappa shape index (κ3) is 3.47. The number of carbonyl (C=O) groups is 2. The summed E-state index contributed by atoms with van der Waals surface area (Å²) in [4.78, 5) is 25.4. The van der Waals surface area contributed by atoms with Crippen molar-refractivity contribution in [1.29, 1.82) is 0 Å². The molecule has 1 aromatic carbocycles. The van der Waals surface area contributed by atoms with Crippen LogP contribution in [0.25, 0.3) is 0 Å². The molecule has 2 amide bonds. The normalized spacial score (nSPS) is 18.9. The van der Waals surface area contributed by atoms with Crippen LogP contribution in [0.5, 0.6) is 0 Å². The van der Waals surface area contributed by atoms with Gasteiger partial charge in [0.1, 0.15) is 0 Å². The summed E-state index contributed by atoms with van der Waals surface area (Å²) in [5.74, 6) is -0.242. The minimum absolute atomic E-state index is 0.00970. The van der Waals surface area contributed by atoms with Crippen LogP contribution in [0.15, 0.2) is 18.2 Å². The van der Waals surface area contributed by atoms with E-state index in [2.05, 4.69) is 22.3 Å². The predicted molar refractivity (Wildman–Crippen MR) is 85.5 cm³/mol. The summed E-state index contributed by atoms with van der Waals surface area (Å²) in [6.45, 7) is 1.89. The zero-order valence-electron chi connectivity index (χ0n) is 12.8. The Bertz CT molecular complexity index is 577. The summed E-state index contributed by atoms with van der Waals surface area (Å²) in [6, 6.07) is 6.21. The van der Waals surface area contributed by atoms with Gasteiger partial charge < -0.3 is 11.1 Å². The molecule has 1 aromatic rings. The maximum absolute atomic E-state index is 12.2. The van der Waals surface area contributed by atoms with Gasteiger partial charge in [-0.15, -0.1) is 0 Å². The fraction of sp³-hybridized carbons (Fsp3) is 0.529. The maximum atomic E-state index is 12.2. The Kier molecular flexibility index (Phi) is 4.43. The number of hydrogen-bond acceptors (Lipinski definition) is 3. The first kappa shape index (κ1) is 15.0. The molecule has 1 aliphatic heterocycles. The van der Waals surface area contributed by atoms with Gasteiger partial charge in [0.15, 0.2) is 0 Å². The van der Waals surface area contributed by atoms with Gasteiger partial charge in [0.25, 0.3) is 0 Å². The minimum atomic E-state index is -0.220. The quantitative estimate of drug-likeness (QED) is 0.880. The Hall–Kier alpha value is -1.88. The van der Waals surface area contributed by atoms with E-state index in [0.29, 0.717) is 6.54 Å². The fourth-order valence-electron chi connectivity index (χ4n) is 3.43. The highest BCUT2D eigenvalue weighted by molar-refractivity contribution is 5.92. The number of rotatable bonds is 4. The first-order chi connectivity index (χ1) is 10.6. The summed E-state index contributed by atoms with van der Waals surface area (Å²) < 4.78 is 0. The Morgan fingerprint density at radius 2 is 1.91 bits per heavy atom. The number of nitrogens with two attached hydrogens (primary N) is 1. The van der Waals surface area contributed by atoms with Gasteiger partial charge in [-0.3, -0.25) is 14.5 Å². The second-order valence-electron chi connectivity index (χ2n) is 6.34. The van der Waals surface area contributed by atoms with Crippen LogP contribution in [-0.4, -0.2) is 36.3 Å². The Labute approximate surface area is 130 Å². The number of carbonyl (C=O) groups excluding carboxylic acids is 2. The number of aryl methyl sites for hydroxylation is 2. The standard InChI is InChI=1S/C17H23N3O2/c18-17(22)13-6-8-20(9-7-13)11-16(21)19-15-5-4-12-2-1-3-14(12)10-15/h4-5,10,13H,1-3,6-9,11H2,(H2,18,22)(H,19,21). The monoisotopic (exact) mass is 301 g/mol. The van der Waals surface area contributed by atoms with Gasteiger partial charge >= 0.3 is 0 Å². The van der Waals surface area contributed by atoms with Crippen molar-refractivity contribution in [2.24, 2.45) is 11.7 Å². The van der Waals surface area contributed by atoms with E-state index in [0.717, 1.165) is 44.5 Å². The highest BCUT2D eigenvalue weighted by atomic mass is 16.2. The number of benzene rings is 1. The third-order valence-corrected chi connectivity index (χ3v) is 4.74. The third-order valence-electron chi connectivity index (χ3n) is 4.74. The van der Waals surface area contributed by atoms with E-state index >= 15 is 0 Å². The number of likely N-dealkylation sites (tertiary alicyclic amines) is 1. The second-order valence-corrected chi connectivity index (χ2v) is 6.34. The molecule has 0 atom stereocenters. The SMILES string of the molecule is NC(=O)C1CCN(CC(=O)Nc2ccc3c(c2)CCC3)CC1. The molecular formula is C17H23N3O2. The van der Waals surface area contributed by atoms with Gasteiger partial charge in [-0.05, 0) is 68.5 Å². The molecule has 1 heterocycles. The molecule has 22 heavy (non-hydrogen) atoms. The molecule has 0 bridgehead atoms. The van der Waals surface area contributed by atoms with E-state index < -0.39 is 0 Å². The molecule has 5 nitrogen and oxygen atoms in total. The van der Waals surface area contributed by atoms with Crippen LogP contribution in [0.1, 0.15) is 30.4 Å². The van der Waals surface area contributed by atoms with Crippen molar-refractivity contribution in [1.82, 2.24) is 4.90 Å². The lowest BCUT2D eigenvalue weighted by molar-refractivity contribution is -0.123. The highest BCUT2D eigenvalue weighted by Crippen LogP contribution is 2.25. The molecule has 3 N–H and O–H groups in total. The van der Waals surface area contributed by atoms with E-state index in [-0.39, 0.29) is 17.7 Å². The molecule has 1 saturated heterocycles. The molecule has 2 aliphatic rings. The van der Waals surface area contributed by atoms with Crippen molar-refractivity contribution in [2.45, 2.75) is 32.1 Å². The van der Waals surface area contributed by atoms with Gasteiger partial charge in [0.2, 0.25) is 11.8 Å². The van der Waals surface area contributed by atoms with Crippen molar-refractivity contribution < 1.29 is 9.59 Å². The lowest BCUT2D eigenvalue weighted by Gasteiger charge is -2.29. The molecular weight excluding hydrogens is 278 g/mol. The number of primary amides is 1. The molecule has 0 saturated carbocycles. The average Bonchev–Trinajstić information content (AvgIpc) is 2.95. The van der Waals surface area contributed by atoms with E-state index in [1.807, 2.05) is 6.07 Å². The van der Waals surface area contributed by atoms with Crippen molar-refractivity contribution in [2.75, 3.05) is 25.0 Å². The van der Waals surface area contributed by atoms with Crippen LogP contribution in [-0.2, 0) is 22.4 Å². The average molecular weight is 301 g/mol. The van der Waals surface area contributed by atoms with E-state index in [1.165, 1.54) is 17.5 Å². The van der Waals surface area contributed by atoms with Gasteiger partial charge in [-0.25, -0.2) is 0 Å². The number of fused-ring (bicyclic) bond motifs is 1. The second kappa shape index (κ2) is 6.48. The summed E-state index contributed by atoms with van der Waals surface area (Å²) in [5.41, 5.74) is 8.98. The summed E-state index contributed by atoms with van der Waals surface area (Å²) in [5, 5.41) is 2.98. The van der Waals surface area contributed by atoms with Crippen LogP contribution in [0, 0.1) is 5.92 Å². The number of piperidine rings is 1.